The van der Waals surface area contributed by atoms with Crippen molar-refractivity contribution in [2.24, 2.45) is 5.92 Å². The lowest BCUT2D eigenvalue weighted by molar-refractivity contribution is -0.123. The molecule has 0 unspecified atom stereocenters. The van der Waals surface area contributed by atoms with Crippen molar-refractivity contribution in [3.8, 4) is 0 Å². The molecule has 2 rings (SSSR count). The Hall–Kier alpha value is -1.40. The maximum Gasteiger partial charge on any atom is 0.251 e. The SMILES string of the molecule is CC(C)NC(=O)CN1CCC(CNC(=O)c2cccc(Br)c2)CC1. The fraction of sp³-hybridized carbons (Fsp3) is 0.556. The smallest absolute Gasteiger partial charge is 0.251 e. The van der Waals surface area contributed by atoms with Crippen molar-refractivity contribution >= 4 is 27.7 Å². The molecule has 132 valence electrons. The van der Waals surface area contributed by atoms with Crippen LogP contribution in [0.4, 0.5) is 0 Å². The highest BCUT2D eigenvalue weighted by molar-refractivity contribution is 9.10. The number of benzene rings is 1. The first-order chi connectivity index (χ1) is 11.4. The molecule has 0 atom stereocenters. The van der Waals surface area contributed by atoms with Crippen LogP contribution in [-0.2, 0) is 4.79 Å². The lowest BCUT2D eigenvalue weighted by Crippen LogP contribution is -2.44. The number of amides is 2. The third kappa shape index (κ3) is 6.24. The number of rotatable bonds is 6. The third-order valence-electron chi connectivity index (χ3n) is 4.16. The van der Waals surface area contributed by atoms with E-state index in [0.29, 0.717) is 24.6 Å². The number of piperidine rings is 1. The minimum atomic E-state index is -0.0324. The summed E-state index contributed by atoms with van der Waals surface area (Å²) in [5, 5.41) is 5.94. The van der Waals surface area contributed by atoms with E-state index in [0.717, 1.165) is 30.4 Å². The third-order valence-corrected chi connectivity index (χ3v) is 4.66. The van der Waals surface area contributed by atoms with Gasteiger partial charge in [-0.15, -0.1) is 0 Å². The van der Waals surface area contributed by atoms with Crippen LogP contribution in [0.15, 0.2) is 28.7 Å². The van der Waals surface area contributed by atoms with Gasteiger partial charge in [0.2, 0.25) is 5.91 Å². The summed E-state index contributed by atoms with van der Waals surface area (Å²) in [6.07, 6.45) is 2.02. The van der Waals surface area contributed by atoms with Gasteiger partial charge in [-0.1, -0.05) is 22.0 Å². The van der Waals surface area contributed by atoms with E-state index < -0.39 is 0 Å². The molecular weight excluding hydrogens is 370 g/mol. The minimum Gasteiger partial charge on any atom is -0.353 e. The molecule has 2 N–H and O–H groups in total. The number of carbonyl (C=O) groups is 2. The molecule has 1 aromatic rings. The molecule has 0 aliphatic carbocycles. The van der Waals surface area contributed by atoms with Crippen LogP contribution in [-0.4, -0.2) is 48.9 Å². The molecule has 6 heteroatoms. The van der Waals surface area contributed by atoms with E-state index in [1.165, 1.54) is 0 Å². The van der Waals surface area contributed by atoms with Crippen LogP contribution in [0.25, 0.3) is 0 Å². The lowest BCUT2D eigenvalue weighted by Gasteiger charge is -2.31. The summed E-state index contributed by atoms with van der Waals surface area (Å²) >= 11 is 3.38. The summed E-state index contributed by atoms with van der Waals surface area (Å²) in [6, 6.07) is 7.59. The predicted molar refractivity (Wildman–Crippen MR) is 98.9 cm³/mol. The molecule has 1 heterocycles. The fourth-order valence-corrected chi connectivity index (χ4v) is 3.29. The van der Waals surface area contributed by atoms with Crippen LogP contribution in [0.5, 0.6) is 0 Å². The van der Waals surface area contributed by atoms with Gasteiger partial charge in [0.05, 0.1) is 6.54 Å². The number of carbonyl (C=O) groups excluding carboxylic acids is 2. The van der Waals surface area contributed by atoms with Crippen molar-refractivity contribution in [2.45, 2.75) is 32.7 Å². The maximum absolute atomic E-state index is 12.2. The fourth-order valence-electron chi connectivity index (χ4n) is 2.89. The quantitative estimate of drug-likeness (QED) is 0.777. The van der Waals surface area contributed by atoms with Gasteiger partial charge in [-0.05, 0) is 63.9 Å². The van der Waals surface area contributed by atoms with E-state index in [2.05, 4.69) is 31.5 Å². The molecule has 1 fully saturated rings. The average Bonchev–Trinajstić information content (AvgIpc) is 2.53. The van der Waals surface area contributed by atoms with Gasteiger partial charge in [-0.2, -0.15) is 0 Å². The summed E-state index contributed by atoms with van der Waals surface area (Å²) in [7, 11) is 0. The van der Waals surface area contributed by atoms with Gasteiger partial charge in [-0.25, -0.2) is 0 Å². The summed E-state index contributed by atoms with van der Waals surface area (Å²) in [6.45, 7) is 6.91. The van der Waals surface area contributed by atoms with Gasteiger partial charge in [0.15, 0.2) is 0 Å². The summed E-state index contributed by atoms with van der Waals surface area (Å²) in [5.41, 5.74) is 0.673. The summed E-state index contributed by atoms with van der Waals surface area (Å²) < 4.78 is 0.906. The number of hydrogen-bond acceptors (Lipinski definition) is 3. The molecular formula is C18H26BrN3O2. The standard InChI is InChI=1S/C18H26BrN3O2/c1-13(2)21-17(23)12-22-8-6-14(7-9-22)11-20-18(24)15-4-3-5-16(19)10-15/h3-5,10,13-14H,6-9,11-12H2,1-2H3,(H,20,24)(H,21,23). The first-order valence-corrected chi connectivity index (χ1v) is 9.29. The molecule has 1 saturated heterocycles. The molecule has 2 amide bonds. The van der Waals surface area contributed by atoms with E-state index in [-0.39, 0.29) is 17.9 Å². The molecule has 0 radical (unpaired) electrons. The van der Waals surface area contributed by atoms with Gasteiger partial charge in [0.1, 0.15) is 0 Å². The summed E-state index contributed by atoms with van der Waals surface area (Å²) in [4.78, 5) is 26.1. The topological polar surface area (TPSA) is 61.4 Å². The average molecular weight is 396 g/mol. The van der Waals surface area contributed by atoms with Gasteiger partial charge in [-0.3, -0.25) is 14.5 Å². The maximum atomic E-state index is 12.2. The number of halogens is 1. The van der Waals surface area contributed by atoms with Crippen molar-refractivity contribution in [2.75, 3.05) is 26.2 Å². The van der Waals surface area contributed by atoms with Crippen molar-refractivity contribution < 1.29 is 9.59 Å². The normalized spacial score (nSPS) is 16.2. The Morgan fingerprint density at radius 2 is 2.00 bits per heavy atom. The number of nitrogens with one attached hydrogen (secondary N) is 2. The van der Waals surface area contributed by atoms with E-state index >= 15 is 0 Å². The minimum absolute atomic E-state index is 0.0324. The second-order valence-corrected chi connectivity index (χ2v) is 7.58. The molecule has 1 aliphatic rings. The molecule has 5 nitrogen and oxygen atoms in total. The Morgan fingerprint density at radius 1 is 1.29 bits per heavy atom. The highest BCUT2D eigenvalue weighted by Crippen LogP contribution is 2.17. The molecule has 0 saturated carbocycles. The van der Waals surface area contributed by atoms with Crippen LogP contribution in [0.1, 0.15) is 37.0 Å². The predicted octanol–water partition coefficient (Wildman–Crippen LogP) is 2.42. The van der Waals surface area contributed by atoms with Gasteiger partial charge in [0, 0.05) is 22.6 Å². The highest BCUT2D eigenvalue weighted by atomic mass is 79.9. The number of nitrogens with zero attached hydrogens (tertiary/aromatic N) is 1. The zero-order chi connectivity index (χ0) is 17.5. The zero-order valence-corrected chi connectivity index (χ0v) is 15.9. The van der Waals surface area contributed by atoms with E-state index in [4.69, 9.17) is 0 Å². The highest BCUT2D eigenvalue weighted by Gasteiger charge is 2.21. The Kier molecular flexibility index (Phi) is 7.24. The van der Waals surface area contributed by atoms with Crippen molar-refractivity contribution in [3.63, 3.8) is 0 Å². The Morgan fingerprint density at radius 3 is 2.62 bits per heavy atom. The van der Waals surface area contributed by atoms with Gasteiger partial charge < -0.3 is 10.6 Å². The van der Waals surface area contributed by atoms with Crippen LogP contribution in [0.3, 0.4) is 0 Å². The van der Waals surface area contributed by atoms with Gasteiger partial charge in [0.25, 0.3) is 5.91 Å². The Labute approximate surface area is 152 Å². The number of hydrogen-bond donors (Lipinski definition) is 2. The Balaban J connectivity index is 1.69. The van der Waals surface area contributed by atoms with E-state index in [1.54, 1.807) is 0 Å². The number of likely N-dealkylation sites (tertiary alicyclic amines) is 1. The van der Waals surface area contributed by atoms with Gasteiger partial charge >= 0.3 is 0 Å². The zero-order valence-electron chi connectivity index (χ0n) is 14.3. The summed E-state index contributed by atoms with van der Waals surface area (Å²) in [5.74, 6) is 0.534. The first kappa shape index (κ1) is 18.9. The molecule has 1 aromatic carbocycles. The second kappa shape index (κ2) is 9.18. The van der Waals surface area contributed by atoms with Crippen LogP contribution >= 0.6 is 15.9 Å². The first-order valence-electron chi connectivity index (χ1n) is 8.49. The van der Waals surface area contributed by atoms with Crippen molar-refractivity contribution in [1.29, 1.82) is 0 Å². The molecule has 0 bridgehead atoms. The second-order valence-electron chi connectivity index (χ2n) is 6.66. The Bertz CT molecular complexity index is 569. The molecule has 1 aliphatic heterocycles. The van der Waals surface area contributed by atoms with E-state index in [1.807, 2.05) is 38.1 Å². The van der Waals surface area contributed by atoms with Crippen LogP contribution < -0.4 is 10.6 Å². The van der Waals surface area contributed by atoms with Crippen LogP contribution in [0, 0.1) is 5.92 Å². The molecule has 24 heavy (non-hydrogen) atoms. The monoisotopic (exact) mass is 395 g/mol. The lowest BCUT2D eigenvalue weighted by atomic mass is 9.96. The molecule has 0 aromatic heterocycles. The largest absolute Gasteiger partial charge is 0.353 e. The van der Waals surface area contributed by atoms with E-state index in [9.17, 15) is 9.59 Å². The van der Waals surface area contributed by atoms with Crippen molar-refractivity contribution in [1.82, 2.24) is 15.5 Å². The van der Waals surface area contributed by atoms with Crippen molar-refractivity contribution in [3.05, 3.63) is 34.3 Å². The molecule has 0 spiro atoms. The van der Waals surface area contributed by atoms with Crippen LogP contribution in [0.2, 0.25) is 0 Å².